The maximum atomic E-state index is 12.5. The number of nitrogens with zero attached hydrogens (tertiary/aromatic N) is 3. The highest BCUT2D eigenvalue weighted by atomic mass is 16.3. The predicted molar refractivity (Wildman–Crippen MR) is 75.4 cm³/mol. The lowest BCUT2D eigenvalue weighted by molar-refractivity contribution is -0.0373. The summed E-state index contributed by atoms with van der Waals surface area (Å²) in [6.07, 6.45) is 6.44. The molecule has 2 saturated heterocycles. The lowest BCUT2D eigenvalue weighted by Crippen LogP contribution is -2.62. The first-order chi connectivity index (χ1) is 9.79. The zero-order valence-electron chi connectivity index (χ0n) is 11.6. The fourth-order valence-electron chi connectivity index (χ4n) is 3.27. The van der Waals surface area contributed by atoms with Gasteiger partial charge in [0.2, 0.25) is 0 Å². The minimum atomic E-state index is 0.0988. The molecule has 20 heavy (non-hydrogen) atoms. The average Bonchev–Trinajstić information content (AvgIpc) is 2.47. The van der Waals surface area contributed by atoms with E-state index in [2.05, 4.69) is 9.88 Å². The van der Waals surface area contributed by atoms with Crippen LogP contribution in [0.4, 0.5) is 0 Å². The molecule has 0 radical (unpaired) electrons. The molecule has 2 aliphatic heterocycles. The molecule has 0 unspecified atom stereocenters. The number of carbonyl (C=O) groups is 1. The van der Waals surface area contributed by atoms with Gasteiger partial charge in [-0.15, -0.1) is 0 Å². The monoisotopic (exact) mass is 275 g/mol. The lowest BCUT2D eigenvalue weighted by Gasteiger charge is -2.50. The molecule has 0 saturated carbocycles. The van der Waals surface area contributed by atoms with Gasteiger partial charge in [0.15, 0.2) is 0 Å². The highest BCUT2D eigenvalue weighted by Crippen LogP contribution is 2.28. The second-order valence-corrected chi connectivity index (χ2v) is 5.66. The van der Waals surface area contributed by atoms with Crippen molar-refractivity contribution < 1.29 is 9.90 Å². The average molecular weight is 275 g/mol. The van der Waals surface area contributed by atoms with Crippen LogP contribution in [0.5, 0.6) is 0 Å². The molecule has 1 aromatic heterocycles. The number of carbonyl (C=O) groups excluding carboxylic acids is 1. The number of fused-ring (bicyclic) bond motifs is 1. The summed E-state index contributed by atoms with van der Waals surface area (Å²) in [5, 5.41) is 9.31. The van der Waals surface area contributed by atoms with Crippen LogP contribution in [-0.4, -0.2) is 64.1 Å². The molecule has 0 aromatic carbocycles. The summed E-state index contributed by atoms with van der Waals surface area (Å²) in [4.78, 5) is 20.8. The van der Waals surface area contributed by atoms with E-state index in [9.17, 15) is 9.90 Å². The normalized spacial score (nSPS) is 27.1. The summed E-state index contributed by atoms with van der Waals surface area (Å²) in [6.45, 7) is 2.88. The van der Waals surface area contributed by atoms with Crippen LogP contribution in [0.15, 0.2) is 24.5 Å². The van der Waals surface area contributed by atoms with Gasteiger partial charge in [-0.2, -0.15) is 0 Å². The Labute approximate surface area is 119 Å². The molecule has 3 heterocycles. The predicted octanol–water partition coefficient (Wildman–Crippen LogP) is 0.753. The summed E-state index contributed by atoms with van der Waals surface area (Å²) >= 11 is 0. The zero-order chi connectivity index (χ0) is 13.9. The molecule has 2 aliphatic rings. The van der Waals surface area contributed by atoms with Gasteiger partial charge in [-0.1, -0.05) is 0 Å². The molecule has 1 amide bonds. The van der Waals surface area contributed by atoms with Gasteiger partial charge >= 0.3 is 0 Å². The Morgan fingerprint density at radius 1 is 1.30 bits per heavy atom. The molecule has 0 spiro atoms. The van der Waals surface area contributed by atoms with Crippen molar-refractivity contribution in [3.8, 4) is 0 Å². The molecular formula is C15H21N3O2. The molecule has 108 valence electrons. The minimum absolute atomic E-state index is 0.0988. The third kappa shape index (κ3) is 2.55. The molecular weight excluding hydrogens is 254 g/mol. The highest BCUT2D eigenvalue weighted by molar-refractivity contribution is 5.94. The molecule has 3 rings (SSSR count). The van der Waals surface area contributed by atoms with Crippen LogP contribution in [0.1, 0.15) is 29.6 Å². The summed E-state index contributed by atoms with van der Waals surface area (Å²) < 4.78 is 0. The highest BCUT2D eigenvalue weighted by Gasteiger charge is 2.39. The van der Waals surface area contributed by atoms with Crippen LogP contribution < -0.4 is 0 Å². The van der Waals surface area contributed by atoms with Crippen LogP contribution in [0, 0.1) is 0 Å². The maximum absolute atomic E-state index is 12.5. The summed E-state index contributed by atoms with van der Waals surface area (Å²) in [7, 11) is 0. The first kappa shape index (κ1) is 13.5. The Kier molecular flexibility index (Phi) is 3.98. The van der Waals surface area contributed by atoms with E-state index in [0.29, 0.717) is 17.6 Å². The summed E-state index contributed by atoms with van der Waals surface area (Å²) in [6, 6.07) is 4.26. The maximum Gasteiger partial charge on any atom is 0.254 e. The number of pyridine rings is 1. The quantitative estimate of drug-likeness (QED) is 0.865. The van der Waals surface area contributed by atoms with E-state index in [0.717, 1.165) is 38.9 Å². The molecule has 1 N–H and O–H groups in total. The van der Waals surface area contributed by atoms with E-state index in [-0.39, 0.29) is 12.5 Å². The topological polar surface area (TPSA) is 56.7 Å². The van der Waals surface area contributed by atoms with Crippen molar-refractivity contribution in [2.24, 2.45) is 0 Å². The molecule has 0 bridgehead atoms. The van der Waals surface area contributed by atoms with Gasteiger partial charge in [-0.25, -0.2) is 0 Å². The number of rotatable bonds is 2. The van der Waals surface area contributed by atoms with Gasteiger partial charge in [0.25, 0.3) is 5.91 Å². The Bertz CT molecular complexity index is 465. The summed E-state index contributed by atoms with van der Waals surface area (Å²) in [5.41, 5.74) is 0.713. The SMILES string of the molecule is O=C(c1ccncc1)N1CCCCN2[C@H](CO)C[C@@H]2C1. The third-order valence-corrected chi connectivity index (χ3v) is 4.43. The Hall–Kier alpha value is -1.46. The second-order valence-electron chi connectivity index (χ2n) is 5.66. The van der Waals surface area contributed by atoms with Gasteiger partial charge < -0.3 is 10.0 Å². The van der Waals surface area contributed by atoms with Gasteiger partial charge in [-0.05, 0) is 37.9 Å². The van der Waals surface area contributed by atoms with Crippen molar-refractivity contribution in [3.05, 3.63) is 30.1 Å². The van der Waals surface area contributed by atoms with Crippen molar-refractivity contribution in [1.82, 2.24) is 14.8 Å². The second kappa shape index (κ2) is 5.89. The first-order valence-corrected chi connectivity index (χ1v) is 7.35. The van der Waals surface area contributed by atoms with Crippen LogP contribution in [0.25, 0.3) is 0 Å². The van der Waals surface area contributed by atoms with E-state index < -0.39 is 0 Å². The molecule has 0 aliphatic carbocycles. The van der Waals surface area contributed by atoms with Crippen LogP contribution in [-0.2, 0) is 0 Å². The van der Waals surface area contributed by atoms with Crippen molar-refractivity contribution in [1.29, 1.82) is 0 Å². The van der Waals surface area contributed by atoms with Crippen LogP contribution in [0.3, 0.4) is 0 Å². The minimum Gasteiger partial charge on any atom is -0.395 e. The number of amides is 1. The van der Waals surface area contributed by atoms with Crippen molar-refractivity contribution in [2.75, 3.05) is 26.2 Å². The van der Waals surface area contributed by atoms with Crippen LogP contribution >= 0.6 is 0 Å². The van der Waals surface area contributed by atoms with Gasteiger partial charge in [0, 0.05) is 43.1 Å². The standard InChI is InChI=1S/C15H21N3O2/c19-11-14-9-13-10-17(7-1-2-8-18(13)14)15(20)12-3-5-16-6-4-12/h3-6,13-14,19H,1-2,7-11H2/t13-,14+/m1/s1. The van der Waals surface area contributed by atoms with Gasteiger partial charge in [-0.3, -0.25) is 14.7 Å². The summed E-state index contributed by atoms with van der Waals surface area (Å²) in [5.74, 6) is 0.0988. The fourth-order valence-corrected chi connectivity index (χ4v) is 3.27. The van der Waals surface area contributed by atoms with Gasteiger partial charge in [0.05, 0.1) is 6.61 Å². The first-order valence-electron chi connectivity index (χ1n) is 7.35. The molecule has 2 fully saturated rings. The van der Waals surface area contributed by atoms with Crippen molar-refractivity contribution in [2.45, 2.75) is 31.3 Å². The number of hydrogen-bond acceptors (Lipinski definition) is 4. The van der Waals surface area contributed by atoms with Crippen molar-refractivity contribution in [3.63, 3.8) is 0 Å². The number of aromatic nitrogens is 1. The van der Waals surface area contributed by atoms with Crippen molar-refractivity contribution >= 4 is 5.91 Å². The molecule has 2 atom stereocenters. The van der Waals surface area contributed by atoms with Gasteiger partial charge in [0.1, 0.15) is 0 Å². The number of hydrogen-bond donors (Lipinski definition) is 1. The lowest BCUT2D eigenvalue weighted by atomic mass is 9.91. The molecule has 5 heteroatoms. The zero-order valence-corrected chi connectivity index (χ0v) is 11.6. The Morgan fingerprint density at radius 2 is 2.05 bits per heavy atom. The van der Waals surface area contributed by atoms with E-state index >= 15 is 0 Å². The van der Waals surface area contributed by atoms with E-state index in [1.54, 1.807) is 24.5 Å². The van der Waals surface area contributed by atoms with E-state index in [1.807, 2.05) is 4.90 Å². The Morgan fingerprint density at radius 3 is 2.80 bits per heavy atom. The largest absolute Gasteiger partial charge is 0.395 e. The van der Waals surface area contributed by atoms with Crippen LogP contribution in [0.2, 0.25) is 0 Å². The fraction of sp³-hybridized carbons (Fsp3) is 0.600. The molecule has 1 aromatic rings. The van der Waals surface area contributed by atoms with E-state index in [4.69, 9.17) is 0 Å². The smallest absolute Gasteiger partial charge is 0.254 e. The Balaban J connectivity index is 1.69. The molecule has 5 nitrogen and oxygen atoms in total. The number of aliphatic hydroxyl groups is 1. The third-order valence-electron chi connectivity index (χ3n) is 4.43. The van der Waals surface area contributed by atoms with E-state index in [1.165, 1.54) is 0 Å². The number of aliphatic hydroxyl groups excluding tert-OH is 1.